The van der Waals surface area contributed by atoms with Gasteiger partial charge >= 0.3 is 11.9 Å². The van der Waals surface area contributed by atoms with Crippen molar-refractivity contribution in [3.05, 3.63) is 31.9 Å². The fraction of sp³-hybridized carbons (Fsp3) is 0.478. The number of ether oxygens (including phenoxy) is 1. The number of anilines is 1. The zero-order chi connectivity index (χ0) is 25.9. The summed E-state index contributed by atoms with van der Waals surface area (Å²) in [6, 6.07) is 1.97. The van der Waals surface area contributed by atoms with Crippen LogP contribution >= 0.6 is 24.0 Å². The summed E-state index contributed by atoms with van der Waals surface area (Å²) in [7, 11) is 0. The van der Waals surface area contributed by atoms with Crippen LogP contribution in [0.2, 0.25) is 0 Å². The van der Waals surface area contributed by atoms with Gasteiger partial charge in [-0.3, -0.25) is 28.6 Å². The van der Waals surface area contributed by atoms with Gasteiger partial charge in [-0.2, -0.15) is 5.26 Å². The lowest BCUT2D eigenvalue weighted by molar-refractivity contribution is -0.148. The molecule has 2 fully saturated rings. The number of carboxylic acids is 1. The predicted octanol–water partition coefficient (Wildman–Crippen LogP) is 2.11. The van der Waals surface area contributed by atoms with E-state index in [0.717, 1.165) is 16.7 Å². The number of amides is 1. The van der Waals surface area contributed by atoms with E-state index in [-0.39, 0.29) is 39.8 Å². The molecule has 1 aromatic heterocycles. The third-order valence-electron chi connectivity index (χ3n) is 5.95. The summed E-state index contributed by atoms with van der Waals surface area (Å²) in [4.78, 5) is 52.8. The van der Waals surface area contributed by atoms with Gasteiger partial charge in [0.2, 0.25) is 0 Å². The number of carboxylic acid groups (broad SMARTS) is 1. The van der Waals surface area contributed by atoms with Crippen molar-refractivity contribution in [2.24, 2.45) is 5.92 Å². The fourth-order valence-electron chi connectivity index (χ4n) is 4.30. The van der Waals surface area contributed by atoms with Gasteiger partial charge in [0.1, 0.15) is 28.3 Å². The molecule has 186 valence electrons. The maximum Gasteiger partial charge on any atom is 0.323 e. The van der Waals surface area contributed by atoms with Crippen LogP contribution in [0.3, 0.4) is 0 Å². The number of carbonyl (C=O) groups is 3. The second kappa shape index (κ2) is 11.0. The third-order valence-corrected chi connectivity index (χ3v) is 7.32. The molecule has 1 amide bonds. The van der Waals surface area contributed by atoms with E-state index in [9.17, 15) is 24.4 Å². The molecule has 1 aromatic rings. The van der Waals surface area contributed by atoms with Crippen LogP contribution in [0.25, 0.3) is 6.08 Å². The largest absolute Gasteiger partial charge is 0.480 e. The zero-order valence-electron chi connectivity index (χ0n) is 19.7. The van der Waals surface area contributed by atoms with E-state index in [0.29, 0.717) is 42.9 Å². The molecule has 1 unspecified atom stereocenters. The van der Waals surface area contributed by atoms with E-state index in [1.54, 1.807) is 26.8 Å². The Labute approximate surface area is 212 Å². The first kappa shape index (κ1) is 26.4. The van der Waals surface area contributed by atoms with Crippen LogP contribution in [0, 0.1) is 24.2 Å². The molecule has 0 aliphatic carbocycles. The van der Waals surface area contributed by atoms with Crippen molar-refractivity contribution in [1.29, 1.82) is 5.26 Å². The molecule has 35 heavy (non-hydrogen) atoms. The molecular weight excluding hydrogens is 492 g/mol. The smallest absolute Gasteiger partial charge is 0.323 e. The normalized spacial score (nSPS) is 19.3. The molecule has 12 heteroatoms. The molecule has 0 radical (unpaired) electrons. The number of nitrogens with zero attached hydrogens (tertiary/aromatic N) is 4. The summed E-state index contributed by atoms with van der Waals surface area (Å²) < 4.78 is 6.80. The first-order valence-corrected chi connectivity index (χ1v) is 12.4. The van der Waals surface area contributed by atoms with Crippen molar-refractivity contribution in [1.82, 2.24) is 9.47 Å². The van der Waals surface area contributed by atoms with E-state index < -0.39 is 24.0 Å². The number of nitriles is 1. The van der Waals surface area contributed by atoms with Gasteiger partial charge in [0, 0.05) is 25.2 Å². The maximum atomic E-state index is 13.1. The minimum absolute atomic E-state index is 0.0400. The number of esters is 1. The van der Waals surface area contributed by atoms with E-state index in [4.69, 9.17) is 22.1 Å². The van der Waals surface area contributed by atoms with Gasteiger partial charge in [-0.15, -0.1) is 0 Å². The van der Waals surface area contributed by atoms with Crippen LogP contribution in [-0.2, 0) is 25.7 Å². The van der Waals surface area contributed by atoms with E-state index >= 15 is 0 Å². The summed E-state index contributed by atoms with van der Waals surface area (Å²) in [5.74, 6) is -1.91. The fourth-order valence-corrected chi connectivity index (χ4v) is 5.54. The highest BCUT2D eigenvalue weighted by Gasteiger charge is 2.35. The number of carbonyl (C=O) groups excluding carboxylic acids is 2. The third kappa shape index (κ3) is 5.26. The van der Waals surface area contributed by atoms with Crippen LogP contribution in [0.15, 0.2) is 9.70 Å². The number of thiocarbonyl (C=S) groups is 1. The molecule has 2 aliphatic heterocycles. The molecule has 0 spiro atoms. The Morgan fingerprint density at radius 1 is 1.34 bits per heavy atom. The maximum absolute atomic E-state index is 13.1. The number of rotatable bonds is 7. The van der Waals surface area contributed by atoms with Gasteiger partial charge < -0.3 is 14.7 Å². The average Bonchev–Trinajstić information content (AvgIpc) is 3.08. The molecule has 1 atom stereocenters. The quantitative estimate of drug-likeness (QED) is 0.325. The van der Waals surface area contributed by atoms with E-state index in [2.05, 4.69) is 0 Å². The Morgan fingerprint density at radius 3 is 2.66 bits per heavy atom. The number of aromatic nitrogens is 1. The van der Waals surface area contributed by atoms with E-state index in [1.807, 2.05) is 11.0 Å². The Hall–Kier alpha value is -3.17. The zero-order valence-corrected chi connectivity index (χ0v) is 21.3. The predicted molar refractivity (Wildman–Crippen MR) is 135 cm³/mol. The van der Waals surface area contributed by atoms with Crippen LogP contribution in [0.1, 0.15) is 43.4 Å². The lowest BCUT2D eigenvalue weighted by Gasteiger charge is -2.36. The second-order valence-corrected chi connectivity index (χ2v) is 9.77. The Morgan fingerprint density at radius 2 is 2.06 bits per heavy atom. The van der Waals surface area contributed by atoms with Crippen molar-refractivity contribution in [2.45, 2.75) is 40.2 Å². The number of thioether (sulfide) groups is 1. The Kier molecular flexibility index (Phi) is 8.34. The van der Waals surface area contributed by atoms with Gasteiger partial charge in [0.05, 0.1) is 17.4 Å². The average molecular weight is 519 g/mol. The van der Waals surface area contributed by atoms with Crippen LogP contribution in [0.4, 0.5) is 5.82 Å². The SMILES string of the molecule is CCOC(=O)C1CCCN(c2c(/C=C3\SC(=S)N(CC(=O)O)C3=O)c(C)c(C#N)c(=O)n2CC)C1. The highest BCUT2D eigenvalue weighted by molar-refractivity contribution is 8.26. The second-order valence-electron chi connectivity index (χ2n) is 8.10. The summed E-state index contributed by atoms with van der Waals surface area (Å²) in [6.07, 6.45) is 2.91. The number of hydrogen-bond donors (Lipinski definition) is 1. The first-order chi connectivity index (χ1) is 16.6. The van der Waals surface area contributed by atoms with Gasteiger partial charge in [0.15, 0.2) is 0 Å². The van der Waals surface area contributed by atoms with Crippen molar-refractivity contribution < 1.29 is 24.2 Å². The summed E-state index contributed by atoms with van der Waals surface area (Å²) in [5, 5.41) is 18.8. The number of pyridine rings is 1. The highest BCUT2D eigenvalue weighted by atomic mass is 32.2. The minimum Gasteiger partial charge on any atom is -0.480 e. The number of hydrogen-bond acceptors (Lipinski definition) is 9. The van der Waals surface area contributed by atoms with Crippen LogP contribution in [-0.4, -0.2) is 63.0 Å². The lowest BCUT2D eigenvalue weighted by Crippen LogP contribution is -2.43. The molecular formula is C23H26N4O6S2. The molecule has 3 rings (SSSR count). The van der Waals surface area contributed by atoms with Crippen molar-refractivity contribution in [3.63, 3.8) is 0 Å². The number of aliphatic carboxylic acids is 1. The van der Waals surface area contributed by atoms with Crippen LogP contribution in [0.5, 0.6) is 0 Å². The Balaban J connectivity index is 2.17. The molecule has 0 bridgehead atoms. The van der Waals surface area contributed by atoms with Gasteiger partial charge in [-0.05, 0) is 45.3 Å². The molecule has 0 saturated carbocycles. The summed E-state index contributed by atoms with van der Waals surface area (Å²) >= 11 is 6.17. The standard InChI is InChI=1S/C23H26N4O6S2/c1-4-26-19(25-8-6-7-14(11-25)22(32)33-5-2)15(13(3)16(10-24)20(26)30)9-17-21(31)27(12-18(28)29)23(34)35-17/h9,14H,4-8,11-12H2,1-3H3,(H,28,29)/b17-9-. The lowest BCUT2D eigenvalue weighted by atomic mass is 9.96. The molecule has 2 aliphatic rings. The van der Waals surface area contributed by atoms with Gasteiger partial charge in [0.25, 0.3) is 11.5 Å². The molecule has 2 saturated heterocycles. The minimum atomic E-state index is -1.19. The van der Waals surface area contributed by atoms with Gasteiger partial charge in [-0.1, -0.05) is 24.0 Å². The molecule has 1 N–H and O–H groups in total. The number of piperidine rings is 1. The van der Waals surface area contributed by atoms with Gasteiger partial charge in [-0.25, -0.2) is 0 Å². The van der Waals surface area contributed by atoms with E-state index in [1.165, 1.54) is 4.57 Å². The Bertz CT molecular complexity index is 1220. The monoisotopic (exact) mass is 518 g/mol. The molecule has 3 heterocycles. The highest BCUT2D eigenvalue weighted by Crippen LogP contribution is 2.36. The first-order valence-electron chi connectivity index (χ1n) is 11.2. The van der Waals surface area contributed by atoms with Crippen molar-refractivity contribution in [3.8, 4) is 6.07 Å². The van der Waals surface area contributed by atoms with Crippen molar-refractivity contribution in [2.75, 3.05) is 31.1 Å². The molecule has 10 nitrogen and oxygen atoms in total. The summed E-state index contributed by atoms with van der Waals surface area (Å²) in [6.45, 7) is 6.05. The molecule has 0 aromatic carbocycles. The topological polar surface area (TPSA) is 133 Å². The summed E-state index contributed by atoms with van der Waals surface area (Å²) in [5.41, 5.74) is 0.403. The van der Waals surface area contributed by atoms with Crippen molar-refractivity contribution >= 4 is 58.0 Å². The van der Waals surface area contributed by atoms with Crippen LogP contribution < -0.4 is 10.5 Å².